The molecule has 0 aromatic heterocycles. The van der Waals surface area contributed by atoms with Crippen molar-refractivity contribution in [3.63, 3.8) is 0 Å². The maximum Gasteiger partial charge on any atom is 0.313 e. The van der Waals surface area contributed by atoms with Crippen molar-refractivity contribution in [2.75, 3.05) is 12.4 Å². The van der Waals surface area contributed by atoms with Gasteiger partial charge in [0.25, 0.3) is 0 Å². The van der Waals surface area contributed by atoms with Gasteiger partial charge in [0.2, 0.25) is 0 Å². The lowest BCUT2D eigenvalue weighted by Crippen LogP contribution is -2.42. The number of nitriles is 1. The fraction of sp³-hybridized carbons (Fsp3) is 0.357. The molecule has 0 aliphatic carbocycles. The van der Waals surface area contributed by atoms with Crippen molar-refractivity contribution in [3.8, 4) is 6.07 Å². The van der Waals surface area contributed by atoms with Crippen molar-refractivity contribution >= 4 is 29.1 Å². The molecule has 0 fully saturated rings. The lowest BCUT2D eigenvalue weighted by atomic mass is 10.2. The van der Waals surface area contributed by atoms with Gasteiger partial charge in [-0.2, -0.15) is 5.26 Å². The van der Waals surface area contributed by atoms with Crippen LogP contribution in [0.3, 0.4) is 0 Å². The Labute approximate surface area is 123 Å². The summed E-state index contributed by atoms with van der Waals surface area (Å²) in [7, 11) is 1.49. The minimum atomic E-state index is -0.753. The Morgan fingerprint density at radius 1 is 1.50 bits per heavy atom. The average Bonchev–Trinajstić information content (AvgIpc) is 2.41. The first kappa shape index (κ1) is 16.0. The van der Waals surface area contributed by atoms with E-state index in [1.54, 1.807) is 25.1 Å². The summed E-state index contributed by atoms with van der Waals surface area (Å²) in [6, 6.07) is 6.65. The third-order valence-corrected chi connectivity index (χ3v) is 3.40. The highest BCUT2D eigenvalue weighted by Gasteiger charge is 2.22. The van der Waals surface area contributed by atoms with E-state index in [2.05, 4.69) is 5.32 Å². The molecule has 1 aromatic carbocycles. The molecule has 0 saturated heterocycles. The number of hydrogen-bond donors (Lipinski definition) is 1. The zero-order valence-corrected chi connectivity index (χ0v) is 12.4. The third kappa shape index (κ3) is 3.97. The summed E-state index contributed by atoms with van der Waals surface area (Å²) in [4.78, 5) is 25.0. The van der Waals surface area contributed by atoms with Crippen molar-refractivity contribution < 1.29 is 9.59 Å². The van der Waals surface area contributed by atoms with Crippen LogP contribution < -0.4 is 5.32 Å². The predicted octanol–water partition coefficient (Wildman–Crippen LogP) is 2.35. The zero-order chi connectivity index (χ0) is 15.3. The maximum absolute atomic E-state index is 11.9. The number of nitrogens with zero attached hydrogens (tertiary/aromatic N) is 2. The molecule has 0 radical (unpaired) electrons. The Hall–Kier alpha value is -2.06. The molecule has 2 amide bonds. The molecular weight excluding hydrogens is 278 g/mol. The summed E-state index contributed by atoms with van der Waals surface area (Å²) in [5.41, 5.74) is 1.34. The minimum absolute atomic E-state index is 0.172. The first-order valence-corrected chi connectivity index (χ1v) is 6.46. The zero-order valence-electron chi connectivity index (χ0n) is 11.6. The number of hydrogen-bond acceptors (Lipinski definition) is 3. The molecule has 0 saturated carbocycles. The molecule has 0 bridgehead atoms. The van der Waals surface area contributed by atoms with Crippen molar-refractivity contribution in [2.45, 2.75) is 26.3 Å². The number of carbonyl (C=O) groups is 2. The van der Waals surface area contributed by atoms with Gasteiger partial charge in [-0.15, -0.1) is 0 Å². The molecule has 0 spiro atoms. The van der Waals surface area contributed by atoms with Crippen molar-refractivity contribution in [2.24, 2.45) is 0 Å². The van der Waals surface area contributed by atoms with E-state index in [-0.39, 0.29) is 12.5 Å². The van der Waals surface area contributed by atoms with E-state index < -0.39 is 11.8 Å². The quantitative estimate of drug-likeness (QED) is 0.869. The van der Waals surface area contributed by atoms with Crippen LogP contribution in [0.25, 0.3) is 0 Å². The lowest BCUT2D eigenvalue weighted by molar-refractivity contribution is -0.143. The molecule has 1 aromatic rings. The monoisotopic (exact) mass is 293 g/mol. The fourth-order valence-corrected chi connectivity index (χ4v) is 1.67. The van der Waals surface area contributed by atoms with Crippen LogP contribution in [0, 0.1) is 18.3 Å². The second-order valence-electron chi connectivity index (χ2n) is 4.55. The third-order valence-electron chi connectivity index (χ3n) is 2.99. The highest BCUT2D eigenvalue weighted by atomic mass is 35.5. The van der Waals surface area contributed by atoms with Gasteiger partial charge in [0.15, 0.2) is 0 Å². The fourth-order valence-electron chi connectivity index (χ4n) is 1.48. The van der Waals surface area contributed by atoms with E-state index in [1.165, 1.54) is 11.9 Å². The van der Waals surface area contributed by atoms with Crippen LogP contribution in [0.1, 0.15) is 18.9 Å². The first-order valence-electron chi connectivity index (χ1n) is 6.08. The van der Waals surface area contributed by atoms with Crippen molar-refractivity contribution in [1.29, 1.82) is 5.26 Å². The van der Waals surface area contributed by atoms with Gasteiger partial charge in [0.05, 0.1) is 12.5 Å². The number of nitrogens with one attached hydrogen (secondary N) is 1. The summed E-state index contributed by atoms with van der Waals surface area (Å²) >= 11 is 5.95. The molecule has 1 atom stereocenters. The highest BCUT2D eigenvalue weighted by molar-refractivity contribution is 6.39. The van der Waals surface area contributed by atoms with E-state index in [0.29, 0.717) is 10.7 Å². The van der Waals surface area contributed by atoms with E-state index >= 15 is 0 Å². The first-order chi connectivity index (χ1) is 9.36. The summed E-state index contributed by atoms with van der Waals surface area (Å²) in [5, 5.41) is 11.6. The van der Waals surface area contributed by atoms with Gasteiger partial charge in [0.1, 0.15) is 0 Å². The Bertz CT molecular complexity index is 566. The van der Waals surface area contributed by atoms with E-state index in [1.807, 2.05) is 13.0 Å². The van der Waals surface area contributed by atoms with E-state index in [0.717, 1.165) is 5.56 Å². The number of rotatable bonds is 3. The second kappa shape index (κ2) is 6.92. The van der Waals surface area contributed by atoms with Crippen LogP contribution in [-0.2, 0) is 9.59 Å². The van der Waals surface area contributed by atoms with Crippen molar-refractivity contribution in [1.82, 2.24) is 4.90 Å². The van der Waals surface area contributed by atoms with Gasteiger partial charge in [-0.05, 0) is 31.5 Å². The molecule has 5 nitrogen and oxygen atoms in total. The van der Waals surface area contributed by atoms with Gasteiger partial charge < -0.3 is 10.2 Å². The second-order valence-corrected chi connectivity index (χ2v) is 4.95. The van der Waals surface area contributed by atoms with Gasteiger partial charge in [0, 0.05) is 23.8 Å². The van der Waals surface area contributed by atoms with Crippen LogP contribution >= 0.6 is 11.6 Å². The normalized spacial score (nSPS) is 11.3. The maximum atomic E-state index is 11.9. The highest BCUT2D eigenvalue weighted by Crippen LogP contribution is 2.20. The SMILES string of the molecule is Cc1ccc(NC(=O)C(=O)N(C)C(C)CC#N)cc1Cl. The number of aryl methyl sites for hydroxylation is 1. The topological polar surface area (TPSA) is 73.2 Å². The molecular formula is C14H16ClN3O2. The molecule has 6 heteroatoms. The summed E-state index contributed by atoms with van der Waals surface area (Å²) < 4.78 is 0. The van der Waals surface area contributed by atoms with Gasteiger partial charge >= 0.3 is 11.8 Å². The number of amides is 2. The lowest BCUT2D eigenvalue weighted by Gasteiger charge is -2.22. The molecule has 0 aliphatic rings. The smallest absolute Gasteiger partial charge is 0.313 e. The molecule has 1 rings (SSSR count). The molecule has 1 unspecified atom stereocenters. The van der Waals surface area contributed by atoms with Gasteiger partial charge in [-0.1, -0.05) is 17.7 Å². The molecule has 106 valence electrons. The van der Waals surface area contributed by atoms with Gasteiger partial charge in [-0.25, -0.2) is 0 Å². The number of benzene rings is 1. The standard InChI is InChI=1S/C14H16ClN3O2/c1-9-4-5-11(8-12(9)15)17-13(19)14(20)18(3)10(2)6-7-16/h4-5,8,10H,6H2,1-3H3,(H,17,19). The number of anilines is 1. The largest absolute Gasteiger partial charge is 0.334 e. The van der Waals surface area contributed by atoms with E-state index in [9.17, 15) is 9.59 Å². The van der Waals surface area contributed by atoms with Crippen molar-refractivity contribution in [3.05, 3.63) is 28.8 Å². The average molecular weight is 294 g/mol. The summed E-state index contributed by atoms with van der Waals surface area (Å²) in [6.07, 6.45) is 0.172. The number of carbonyl (C=O) groups excluding carboxylic acids is 2. The predicted molar refractivity (Wildman–Crippen MR) is 77.3 cm³/mol. The van der Waals surface area contributed by atoms with Crippen LogP contribution in [0.5, 0.6) is 0 Å². The molecule has 20 heavy (non-hydrogen) atoms. The Morgan fingerprint density at radius 3 is 2.70 bits per heavy atom. The molecule has 1 N–H and O–H groups in total. The Morgan fingerprint density at radius 2 is 2.15 bits per heavy atom. The summed E-state index contributed by atoms with van der Waals surface area (Å²) in [6.45, 7) is 3.55. The molecule has 0 heterocycles. The Kier molecular flexibility index (Phi) is 5.53. The van der Waals surface area contributed by atoms with Gasteiger partial charge in [-0.3, -0.25) is 9.59 Å². The number of halogens is 1. The van der Waals surface area contributed by atoms with Crippen LogP contribution in [0.2, 0.25) is 5.02 Å². The van der Waals surface area contributed by atoms with Crippen LogP contribution in [0.15, 0.2) is 18.2 Å². The number of likely N-dealkylation sites (N-methyl/N-ethyl adjacent to an activating group) is 1. The van der Waals surface area contributed by atoms with Crippen LogP contribution in [0.4, 0.5) is 5.69 Å². The Balaban J connectivity index is 2.73. The summed E-state index contributed by atoms with van der Waals surface area (Å²) in [5.74, 6) is -1.44. The minimum Gasteiger partial charge on any atom is -0.334 e. The molecule has 0 aliphatic heterocycles. The van der Waals surface area contributed by atoms with Crippen LogP contribution in [-0.4, -0.2) is 29.8 Å². The van der Waals surface area contributed by atoms with E-state index in [4.69, 9.17) is 16.9 Å².